The Bertz CT molecular complexity index is 916. The fourth-order valence-electron chi connectivity index (χ4n) is 2.34. The van der Waals surface area contributed by atoms with Crippen molar-refractivity contribution in [1.82, 2.24) is 4.90 Å². The van der Waals surface area contributed by atoms with Crippen LogP contribution in [0.3, 0.4) is 0 Å². The van der Waals surface area contributed by atoms with E-state index in [2.05, 4.69) is 5.32 Å². The lowest BCUT2D eigenvalue weighted by molar-refractivity contribution is -0.111. The molecule has 6 nitrogen and oxygen atoms in total. The molecule has 0 radical (unpaired) electrons. The summed E-state index contributed by atoms with van der Waals surface area (Å²) in [5.41, 5.74) is 1.25. The largest absolute Gasteiger partial charge is 0.491 e. The number of ether oxygens (including phenoxy) is 2. The monoisotopic (exact) mass is 434 g/mol. The summed E-state index contributed by atoms with van der Waals surface area (Å²) in [6.07, 6.45) is 3.02. The minimum atomic E-state index is -0.333. The molecule has 0 heterocycles. The first-order chi connectivity index (χ1) is 13.8. The predicted molar refractivity (Wildman–Crippen MR) is 118 cm³/mol. The molecule has 154 valence electrons. The van der Waals surface area contributed by atoms with Gasteiger partial charge in [0.1, 0.15) is 0 Å². The molecular formula is C21H23ClN2O4S. The number of methoxy groups -OCH3 is 1. The molecule has 8 heteroatoms. The fourth-order valence-corrected chi connectivity index (χ4v) is 3.38. The third-order valence-corrected chi connectivity index (χ3v) is 5.07. The standard InChI is InChI=1S/C21H23ClN2O4S/c1-5-28-17-13-14(12-15(22)20(17)27-4)10-11-19(25)23-16-8-6-7-9-18(16)29-21(26)24(2)3/h6-13H,5H2,1-4H3,(H,23,25)/b11-10+. The van der Waals surface area contributed by atoms with Crippen molar-refractivity contribution in [2.75, 3.05) is 33.1 Å². The average Bonchev–Trinajstić information content (AvgIpc) is 2.68. The van der Waals surface area contributed by atoms with Gasteiger partial charge >= 0.3 is 0 Å². The van der Waals surface area contributed by atoms with E-state index in [1.54, 1.807) is 50.5 Å². The first-order valence-electron chi connectivity index (χ1n) is 8.83. The van der Waals surface area contributed by atoms with Crippen LogP contribution in [0.5, 0.6) is 11.5 Å². The molecule has 0 aliphatic rings. The molecule has 0 aliphatic heterocycles. The lowest BCUT2D eigenvalue weighted by Gasteiger charge is -2.12. The van der Waals surface area contributed by atoms with Gasteiger partial charge in [0.15, 0.2) is 11.5 Å². The van der Waals surface area contributed by atoms with E-state index < -0.39 is 0 Å². The van der Waals surface area contributed by atoms with Crippen molar-refractivity contribution in [2.45, 2.75) is 11.8 Å². The Balaban J connectivity index is 2.16. The summed E-state index contributed by atoms with van der Waals surface area (Å²) in [6, 6.07) is 10.6. The highest BCUT2D eigenvalue weighted by molar-refractivity contribution is 8.13. The Morgan fingerprint density at radius 1 is 1.24 bits per heavy atom. The molecule has 2 amide bonds. The molecule has 2 rings (SSSR count). The number of hydrogen-bond acceptors (Lipinski definition) is 5. The molecular weight excluding hydrogens is 412 g/mol. The summed E-state index contributed by atoms with van der Waals surface area (Å²) in [5, 5.41) is 3.06. The third-order valence-electron chi connectivity index (χ3n) is 3.67. The Morgan fingerprint density at radius 2 is 1.97 bits per heavy atom. The number of para-hydroxylation sites is 1. The zero-order valence-electron chi connectivity index (χ0n) is 16.7. The molecule has 0 aliphatic carbocycles. The van der Waals surface area contributed by atoms with Gasteiger partial charge in [0.25, 0.3) is 5.24 Å². The number of carbonyl (C=O) groups is 2. The normalized spacial score (nSPS) is 10.7. The van der Waals surface area contributed by atoms with Crippen LogP contribution in [0.1, 0.15) is 12.5 Å². The molecule has 0 aromatic heterocycles. The number of anilines is 1. The maximum atomic E-state index is 12.4. The Hall–Kier alpha value is -2.64. The molecule has 1 N–H and O–H groups in total. The van der Waals surface area contributed by atoms with Crippen molar-refractivity contribution in [2.24, 2.45) is 0 Å². The van der Waals surface area contributed by atoms with Gasteiger partial charge in [0, 0.05) is 25.1 Å². The summed E-state index contributed by atoms with van der Waals surface area (Å²) in [5.74, 6) is 0.624. The second kappa shape index (κ2) is 10.8. The van der Waals surface area contributed by atoms with Gasteiger partial charge in [-0.2, -0.15) is 0 Å². The minimum Gasteiger partial charge on any atom is -0.491 e. The van der Waals surface area contributed by atoms with Gasteiger partial charge in [-0.3, -0.25) is 9.59 Å². The molecule has 0 saturated carbocycles. The predicted octanol–water partition coefficient (Wildman–Crippen LogP) is 5.17. The number of benzene rings is 2. The second-order valence-corrected chi connectivity index (χ2v) is 7.45. The van der Waals surface area contributed by atoms with Crippen LogP contribution in [0.2, 0.25) is 5.02 Å². The number of rotatable bonds is 7. The number of carbonyl (C=O) groups excluding carboxylic acids is 2. The Labute approximate surface area is 179 Å². The zero-order chi connectivity index (χ0) is 21.4. The highest BCUT2D eigenvalue weighted by Gasteiger charge is 2.12. The second-order valence-electron chi connectivity index (χ2n) is 6.05. The third kappa shape index (κ3) is 6.44. The number of hydrogen-bond donors (Lipinski definition) is 1. The van der Waals surface area contributed by atoms with Gasteiger partial charge < -0.3 is 19.7 Å². The maximum Gasteiger partial charge on any atom is 0.286 e. The zero-order valence-corrected chi connectivity index (χ0v) is 18.3. The highest BCUT2D eigenvalue weighted by Crippen LogP contribution is 2.36. The van der Waals surface area contributed by atoms with Gasteiger partial charge in [-0.05, 0) is 54.6 Å². The first-order valence-corrected chi connectivity index (χ1v) is 10.0. The van der Waals surface area contributed by atoms with Crippen LogP contribution in [0.15, 0.2) is 47.4 Å². The van der Waals surface area contributed by atoms with E-state index in [-0.39, 0.29) is 11.1 Å². The molecule has 0 fully saturated rings. The Kier molecular flexibility index (Phi) is 8.42. The van der Waals surface area contributed by atoms with Crippen LogP contribution in [-0.2, 0) is 4.79 Å². The molecule has 0 atom stereocenters. The van der Waals surface area contributed by atoms with Gasteiger partial charge in [-0.25, -0.2) is 0 Å². The smallest absolute Gasteiger partial charge is 0.286 e. The fraction of sp³-hybridized carbons (Fsp3) is 0.238. The van der Waals surface area contributed by atoms with Crippen molar-refractivity contribution in [3.63, 3.8) is 0 Å². The molecule has 0 bridgehead atoms. The van der Waals surface area contributed by atoms with Gasteiger partial charge in [-0.1, -0.05) is 23.7 Å². The topological polar surface area (TPSA) is 67.9 Å². The molecule has 0 unspecified atom stereocenters. The summed E-state index contributed by atoms with van der Waals surface area (Å²) in [6.45, 7) is 2.32. The van der Waals surface area contributed by atoms with Crippen molar-refractivity contribution in [3.8, 4) is 11.5 Å². The van der Waals surface area contributed by atoms with Crippen LogP contribution in [-0.4, -0.2) is 43.9 Å². The highest BCUT2D eigenvalue weighted by atomic mass is 35.5. The van der Waals surface area contributed by atoms with E-state index in [0.29, 0.717) is 39.3 Å². The number of halogens is 1. The Morgan fingerprint density at radius 3 is 2.62 bits per heavy atom. The lowest BCUT2D eigenvalue weighted by atomic mass is 10.2. The van der Waals surface area contributed by atoms with Crippen molar-refractivity contribution in [3.05, 3.63) is 53.1 Å². The quantitative estimate of drug-likeness (QED) is 0.480. The molecule has 29 heavy (non-hydrogen) atoms. The van der Waals surface area contributed by atoms with Crippen molar-refractivity contribution < 1.29 is 19.1 Å². The van der Waals surface area contributed by atoms with E-state index in [1.807, 2.05) is 13.0 Å². The summed E-state index contributed by atoms with van der Waals surface area (Å²) < 4.78 is 10.8. The lowest BCUT2D eigenvalue weighted by Crippen LogP contribution is -2.16. The van der Waals surface area contributed by atoms with Crippen LogP contribution in [0.4, 0.5) is 10.5 Å². The number of thioether (sulfide) groups is 1. The number of amides is 2. The van der Waals surface area contributed by atoms with Gasteiger partial charge in [-0.15, -0.1) is 0 Å². The van der Waals surface area contributed by atoms with Crippen LogP contribution < -0.4 is 14.8 Å². The van der Waals surface area contributed by atoms with E-state index >= 15 is 0 Å². The molecule has 0 spiro atoms. The molecule has 0 saturated heterocycles. The van der Waals surface area contributed by atoms with E-state index in [0.717, 1.165) is 11.8 Å². The number of nitrogens with zero attached hydrogens (tertiary/aromatic N) is 1. The summed E-state index contributed by atoms with van der Waals surface area (Å²) >= 11 is 7.28. The molecule has 2 aromatic rings. The SMILES string of the molecule is CCOc1cc(/C=C/C(=O)Nc2ccccc2SC(=O)N(C)C)cc(Cl)c1OC. The minimum absolute atomic E-state index is 0.126. The first kappa shape index (κ1) is 22.6. The number of nitrogens with one attached hydrogen (secondary N) is 1. The van der Waals surface area contributed by atoms with Gasteiger partial charge in [0.2, 0.25) is 5.91 Å². The van der Waals surface area contributed by atoms with Crippen LogP contribution in [0.25, 0.3) is 6.08 Å². The van der Waals surface area contributed by atoms with E-state index in [9.17, 15) is 9.59 Å². The van der Waals surface area contributed by atoms with Crippen LogP contribution >= 0.6 is 23.4 Å². The summed E-state index contributed by atoms with van der Waals surface area (Å²) in [4.78, 5) is 26.5. The van der Waals surface area contributed by atoms with Gasteiger partial charge in [0.05, 0.1) is 24.4 Å². The maximum absolute atomic E-state index is 12.4. The van der Waals surface area contributed by atoms with E-state index in [4.69, 9.17) is 21.1 Å². The van der Waals surface area contributed by atoms with Crippen molar-refractivity contribution >= 4 is 46.3 Å². The molecule has 2 aromatic carbocycles. The van der Waals surface area contributed by atoms with E-state index in [1.165, 1.54) is 18.1 Å². The average molecular weight is 435 g/mol. The van der Waals surface area contributed by atoms with Crippen molar-refractivity contribution in [1.29, 1.82) is 0 Å². The van der Waals surface area contributed by atoms with Crippen LogP contribution in [0, 0.1) is 0 Å². The summed E-state index contributed by atoms with van der Waals surface area (Å²) in [7, 11) is 4.87.